The largest absolute Gasteiger partial charge is 0.507 e. The van der Waals surface area contributed by atoms with Crippen molar-refractivity contribution >= 4 is 17.4 Å². The van der Waals surface area contributed by atoms with Crippen LogP contribution in [-0.2, 0) is 9.59 Å². The highest BCUT2D eigenvalue weighted by atomic mass is 16.5. The number of likely N-dealkylation sites (N-methyl/N-ethyl adjacent to an activating group) is 1. The van der Waals surface area contributed by atoms with E-state index in [1.807, 2.05) is 19.1 Å². The van der Waals surface area contributed by atoms with Gasteiger partial charge in [0.1, 0.15) is 17.3 Å². The Bertz CT molecular complexity index is 1040. The van der Waals surface area contributed by atoms with Gasteiger partial charge in [0.2, 0.25) is 0 Å². The van der Waals surface area contributed by atoms with Crippen LogP contribution in [0.5, 0.6) is 11.5 Å². The molecule has 7 heteroatoms. The molecule has 1 heterocycles. The molecule has 1 saturated heterocycles. The molecule has 1 N–H and O–H groups in total. The van der Waals surface area contributed by atoms with Crippen LogP contribution in [0.15, 0.2) is 48.0 Å². The predicted octanol–water partition coefficient (Wildman–Crippen LogP) is 3.78. The van der Waals surface area contributed by atoms with Gasteiger partial charge in [-0.3, -0.25) is 9.59 Å². The summed E-state index contributed by atoms with van der Waals surface area (Å²) in [5.41, 5.74) is 2.19. The number of aliphatic hydroxyl groups excluding tert-OH is 1. The maximum absolute atomic E-state index is 13.2. The fourth-order valence-corrected chi connectivity index (χ4v) is 4.13. The minimum absolute atomic E-state index is 0.0619. The number of hydrogen-bond donors (Lipinski definition) is 1. The first kappa shape index (κ1) is 24.3. The smallest absolute Gasteiger partial charge is 0.295 e. The third-order valence-electron chi connectivity index (χ3n) is 6.15. The Morgan fingerprint density at radius 1 is 1.03 bits per heavy atom. The van der Waals surface area contributed by atoms with E-state index in [1.165, 1.54) is 12.0 Å². The molecule has 1 atom stereocenters. The van der Waals surface area contributed by atoms with E-state index in [0.29, 0.717) is 35.7 Å². The highest BCUT2D eigenvalue weighted by molar-refractivity contribution is 6.46. The fourth-order valence-electron chi connectivity index (χ4n) is 4.13. The highest BCUT2D eigenvalue weighted by Crippen LogP contribution is 2.43. The average Bonchev–Trinajstić information content (AvgIpc) is 3.09. The molecule has 0 bridgehead atoms. The topological polar surface area (TPSA) is 79.3 Å². The lowest BCUT2D eigenvalue weighted by atomic mass is 9.94. The monoisotopic (exact) mass is 452 g/mol. The molecule has 0 aliphatic carbocycles. The van der Waals surface area contributed by atoms with Gasteiger partial charge in [-0.2, -0.15) is 0 Å². The molecule has 1 amide bonds. The number of hydrogen-bond acceptors (Lipinski definition) is 6. The van der Waals surface area contributed by atoms with Crippen LogP contribution in [0.25, 0.3) is 5.76 Å². The van der Waals surface area contributed by atoms with Crippen molar-refractivity contribution in [2.45, 2.75) is 26.8 Å². The number of rotatable bonds is 9. The second-order valence-corrected chi connectivity index (χ2v) is 7.99. The number of Topliss-reactive ketones (excluding diaryl/α,β-unsaturated/α-hetero) is 1. The van der Waals surface area contributed by atoms with Gasteiger partial charge in [-0.1, -0.05) is 43.7 Å². The van der Waals surface area contributed by atoms with E-state index in [2.05, 4.69) is 18.7 Å². The van der Waals surface area contributed by atoms with E-state index in [-0.39, 0.29) is 11.3 Å². The number of amides is 1. The standard InChI is InChI=1S/C26H32N2O5/c1-6-27(7-2)14-15-28-23(20-13-12-19(32-4)16-21(20)33-5)22(25(30)26(28)31)24(29)18-10-8-17(3)9-11-18/h8-13,16,23,29H,6-7,14-15H2,1-5H3/b24-22-. The van der Waals surface area contributed by atoms with Gasteiger partial charge in [0.05, 0.1) is 25.8 Å². The Kier molecular flexibility index (Phi) is 7.76. The van der Waals surface area contributed by atoms with Gasteiger partial charge < -0.3 is 24.4 Å². The van der Waals surface area contributed by atoms with Crippen molar-refractivity contribution in [2.75, 3.05) is 40.4 Å². The van der Waals surface area contributed by atoms with Gasteiger partial charge in [-0.05, 0) is 32.1 Å². The average molecular weight is 453 g/mol. The first-order valence-electron chi connectivity index (χ1n) is 11.2. The number of ether oxygens (including phenoxy) is 2. The van der Waals surface area contributed by atoms with Crippen molar-refractivity contribution in [3.8, 4) is 11.5 Å². The molecule has 2 aromatic carbocycles. The second-order valence-electron chi connectivity index (χ2n) is 7.99. The molecule has 0 aromatic heterocycles. The second kappa shape index (κ2) is 10.5. The molecule has 1 aliphatic heterocycles. The van der Waals surface area contributed by atoms with Crippen LogP contribution < -0.4 is 9.47 Å². The van der Waals surface area contributed by atoms with Crippen molar-refractivity contribution in [3.63, 3.8) is 0 Å². The highest BCUT2D eigenvalue weighted by Gasteiger charge is 2.47. The van der Waals surface area contributed by atoms with Crippen LogP contribution in [0.4, 0.5) is 0 Å². The summed E-state index contributed by atoms with van der Waals surface area (Å²) in [6.45, 7) is 8.67. The summed E-state index contributed by atoms with van der Waals surface area (Å²) < 4.78 is 10.9. The Hall–Kier alpha value is -3.32. The molecule has 1 unspecified atom stereocenters. The summed E-state index contributed by atoms with van der Waals surface area (Å²) in [6.07, 6.45) is 0. The van der Waals surface area contributed by atoms with Crippen LogP contribution >= 0.6 is 0 Å². The lowest BCUT2D eigenvalue weighted by Crippen LogP contribution is -2.38. The van der Waals surface area contributed by atoms with Crippen molar-refractivity contribution in [3.05, 3.63) is 64.7 Å². The zero-order chi connectivity index (χ0) is 24.1. The number of aryl methyl sites for hydroxylation is 1. The summed E-state index contributed by atoms with van der Waals surface area (Å²) in [7, 11) is 3.09. The minimum Gasteiger partial charge on any atom is -0.507 e. The number of carbonyl (C=O) groups excluding carboxylic acids is 2. The number of aliphatic hydroxyl groups is 1. The number of nitrogens with zero attached hydrogens (tertiary/aromatic N) is 2. The summed E-state index contributed by atoms with van der Waals surface area (Å²) in [6, 6.07) is 11.7. The van der Waals surface area contributed by atoms with Crippen molar-refractivity contribution in [2.24, 2.45) is 0 Å². The minimum atomic E-state index is -0.775. The van der Waals surface area contributed by atoms with Crippen LogP contribution in [-0.4, -0.2) is 67.0 Å². The molecular weight excluding hydrogens is 420 g/mol. The van der Waals surface area contributed by atoms with Gasteiger partial charge in [-0.15, -0.1) is 0 Å². The molecule has 33 heavy (non-hydrogen) atoms. The van der Waals surface area contributed by atoms with Crippen LogP contribution in [0.2, 0.25) is 0 Å². The quantitative estimate of drug-likeness (QED) is 0.354. The molecule has 1 aliphatic rings. The molecule has 176 valence electrons. The van der Waals surface area contributed by atoms with Crippen LogP contribution in [0.3, 0.4) is 0 Å². The number of carbonyl (C=O) groups is 2. The van der Waals surface area contributed by atoms with E-state index < -0.39 is 17.7 Å². The predicted molar refractivity (Wildman–Crippen MR) is 128 cm³/mol. The first-order chi connectivity index (χ1) is 15.9. The van der Waals surface area contributed by atoms with Gasteiger partial charge in [-0.25, -0.2) is 0 Å². The molecule has 0 saturated carbocycles. The summed E-state index contributed by atoms with van der Waals surface area (Å²) in [5, 5.41) is 11.2. The van der Waals surface area contributed by atoms with Crippen LogP contribution in [0.1, 0.15) is 36.6 Å². The van der Waals surface area contributed by atoms with E-state index >= 15 is 0 Å². The summed E-state index contributed by atoms with van der Waals surface area (Å²) in [5.74, 6) is -0.450. The Balaban J connectivity index is 2.17. The van der Waals surface area contributed by atoms with Crippen molar-refractivity contribution in [1.82, 2.24) is 9.80 Å². The van der Waals surface area contributed by atoms with E-state index in [4.69, 9.17) is 9.47 Å². The molecule has 2 aromatic rings. The number of methoxy groups -OCH3 is 2. The molecule has 1 fully saturated rings. The third kappa shape index (κ3) is 4.88. The molecule has 3 rings (SSSR count). The molecule has 7 nitrogen and oxygen atoms in total. The number of likely N-dealkylation sites (tertiary alicyclic amines) is 1. The summed E-state index contributed by atoms with van der Waals surface area (Å²) >= 11 is 0. The Labute approximate surface area is 195 Å². The number of benzene rings is 2. The van der Waals surface area contributed by atoms with Gasteiger partial charge in [0, 0.05) is 30.3 Å². The zero-order valence-corrected chi connectivity index (χ0v) is 19.9. The van der Waals surface area contributed by atoms with Crippen LogP contribution in [0, 0.1) is 6.92 Å². The third-order valence-corrected chi connectivity index (χ3v) is 6.15. The maximum atomic E-state index is 13.2. The summed E-state index contributed by atoms with van der Waals surface area (Å²) in [4.78, 5) is 30.1. The molecule has 0 radical (unpaired) electrons. The van der Waals surface area contributed by atoms with E-state index in [0.717, 1.165) is 18.7 Å². The molecule has 0 spiro atoms. The van der Waals surface area contributed by atoms with E-state index in [1.54, 1.807) is 37.4 Å². The lowest BCUT2D eigenvalue weighted by molar-refractivity contribution is -0.140. The fraction of sp³-hybridized carbons (Fsp3) is 0.385. The molecular formula is C26H32N2O5. The number of ketones is 1. The zero-order valence-electron chi connectivity index (χ0n) is 19.9. The van der Waals surface area contributed by atoms with Gasteiger partial charge in [0.25, 0.3) is 11.7 Å². The SMILES string of the molecule is CCN(CC)CCN1C(=O)C(=O)/C(=C(\O)c2ccc(C)cc2)C1c1ccc(OC)cc1OC. The van der Waals surface area contributed by atoms with Crippen molar-refractivity contribution in [1.29, 1.82) is 0 Å². The van der Waals surface area contributed by atoms with Gasteiger partial charge in [0.15, 0.2) is 0 Å². The lowest BCUT2D eigenvalue weighted by Gasteiger charge is -2.29. The first-order valence-corrected chi connectivity index (χ1v) is 11.2. The van der Waals surface area contributed by atoms with Crippen molar-refractivity contribution < 1.29 is 24.2 Å². The van der Waals surface area contributed by atoms with E-state index in [9.17, 15) is 14.7 Å². The van der Waals surface area contributed by atoms with Gasteiger partial charge >= 0.3 is 0 Å². The Morgan fingerprint density at radius 3 is 2.27 bits per heavy atom. The Morgan fingerprint density at radius 2 is 1.70 bits per heavy atom. The maximum Gasteiger partial charge on any atom is 0.295 e. The normalized spacial score (nSPS) is 17.6.